The van der Waals surface area contributed by atoms with Gasteiger partial charge in [0.1, 0.15) is 22.2 Å². The summed E-state index contributed by atoms with van der Waals surface area (Å²) in [6, 6.07) is 5.96. The van der Waals surface area contributed by atoms with Gasteiger partial charge in [-0.05, 0) is 43.5 Å². The Bertz CT molecular complexity index is 652. The number of aryl methyl sites for hydroxylation is 3. The van der Waals surface area contributed by atoms with Gasteiger partial charge in [0.2, 0.25) is 0 Å². The maximum atomic E-state index is 11.7. The molecule has 1 heterocycles. The lowest BCUT2D eigenvalue weighted by Crippen LogP contribution is -2.30. The fraction of sp³-hybridized carbons (Fsp3) is 0.333. The molecule has 21 heavy (non-hydrogen) atoms. The van der Waals surface area contributed by atoms with Gasteiger partial charge in [0.05, 0.1) is 5.69 Å². The highest BCUT2D eigenvalue weighted by Crippen LogP contribution is 2.22. The van der Waals surface area contributed by atoms with E-state index in [4.69, 9.17) is 10.6 Å². The van der Waals surface area contributed by atoms with Crippen molar-refractivity contribution in [3.05, 3.63) is 44.9 Å². The van der Waals surface area contributed by atoms with Crippen molar-refractivity contribution >= 4 is 17.2 Å². The van der Waals surface area contributed by atoms with Crippen molar-refractivity contribution in [2.75, 3.05) is 0 Å². The number of amides is 1. The minimum Gasteiger partial charge on any atom is -0.486 e. The number of hydrogen-bond acceptors (Lipinski definition) is 5. The van der Waals surface area contributed by atoms with Gasteiger partial charge in [-0.25, -0.2) is 10.8 Å². The second kappa shape index (κ2) is 6.69. The van der Waals surface area contributed by atoms with E-state index < -0.39 is 0 Å². The molecule has 1 amide bonds. The van der Waals surface area contributed by atoms with E-state index in [9.17, 15) is 4.79 Å². The number of aromatic nitrogens is 1. The molecule has 0 aliphatic rings. The number of thiazole rings is 1. The van der Waals surface area contributed by atoms with Crippen LogP contribution in [-0.4, -0.2) is 10.9 Å². The number of benzene rings is 1. The Morgan fingerprint density at radius 1 is 1.38 bits per heavy atom. The lowest BCUT2D eigenvalue weighted by Gasteiger charge is -2.06. The predicted octanol–water partition coefficient (Wildman–Crippen LogP) is 2.50. The fourth-order valence-electron chi connectivity index (χ4n) is 1.89. The van der Waals surface area contributed by atoms with Gasteiger partial charge >= 0.3 is 0 Å². The molecule has 1 aromatic heterocycles. The third-order valence-corrected chi connectivity index (χ3v) is 4.32. The summed E-state index contributed by atoms with van der Waals surface area (Å²) in [6.45, 7) is 6.41. The van der Waals surface area contributed by atoms with E-state index in [-0.39, 0.29) is 5.91 Å². The minimum absolute atomic E-state index is 0.304. The number of nitrogens with one attached hydrogen (secondary N) is 1. The molecule has 0 fully saturated rings. The van der Waals surface area contributed by atoms with E-state index in [0.29, 0.717) is 17.9 Å². The Morgan fingerprint density at radius 3 is 2.76 bits per heavy atom. The van der Waals surface area contributed by atoms with Crippen LogP contribution in [0.2, 0.25) is 0 Å². The molecule has 112 valence electrons. The highest BCUT2D eigenvalue weighted by molar-refractivity contribution is 7.13. The fourth-order valence-corrected chi connectivity index (χ4v) is 2.86. The molecular formula is C15H19N3O2S. The molecule has 0 spiro atoms. The van der Waals surface area contributed by atoms with E-state index in [0.717, 1.165) is 16.5 Å². The first-order valence-electron chi connectivity index (χ1n) is 6.74. The van der Waals surface area contributed by atoms with Crippen LogP contribution in [0.5, 0.6) is 5.75 Å². The Morgan fingerprint density at radius 2 is 2.14 bits per heavy atom. The van der Waals surface area contributed by atoms with E-state index in [1.54, 1.807) is 0 Å². The predicted molar refractivity (Wildman–Crippen MR) is 83.4 cm³/mol. The summed E-state index contributed by atoms with van der Waals surface area (Å²) >= 11 is 1.32. The molecule has 0 saturated heterocycles. The average Bonchev–Trinajstić information content (AvgIpc) is 2.91. The summed E-state index contributed by atoms with van der Waals surface area (Å²) in [5, 5.41) is 0.767. The normalized spacial score (nSPS) is 10.5. The Kier molecular flexibility index (Phi) is 4.93. The number of ether oxygens (including phenoxy) is 1. The molecule has 0 aliphatic carbocycles. The van der Waals surface area contributed by atoms with Crippen molar-refractivity contribution < 1.29 is 9.53 Å². The first-order chi connectivity index (χ1) is 10.0. The molecule has 5 nitrogen and oxygen atoms in total. The van der Waals surface area contributed by atoms with Gasteiger partial charge in [0.15, 0.2) is 0 Å². The summed E-state index contributed by atoms with van der Waals surface area (Å²) < 4.78 is 5.74. The highest BCUT2D eigenvalue weighted by Gasteiger charge is 2.16. The molecule has 2 aromatic rings. The number of hydrazine groups is 1. The second-order valence-electron chi connectivity index (χ2n) is 4.75. The summed E-state index contributed by atoms with van der Waals surface area (Å²) in [7, 11) is 0. The standard InChI is InChI=1S/C15H19N3O2S/c1-4-12-14(15(19)18-16)21-13(17-12)8-20-11-6-5-9(2)10(3)7-11/h5-7H,4,8,16H2,1-3H3,(H,18,19). The summed E-state index contributed by atoms with van der Waals surface area (Å²) in [5.74, 6) is 5.68. The molecule has 0 saturated carbocycles. The molecule has 0 unspecified atom stereocenters. The van der Waals surface area contributed by atoms with Crippen molar-refractivity contribution in [2.45, 2.75) is 33.8 Å². The van der Waals surface area contributed by atoms with Gasteiger partial charge in [-0.1, -0.05) is 13.0 Å². The van der Waals surface area contributed by atoms with Crippen LogP contribution in [-0.2, 0) is 13.0 Å². The highest BCUT2D eigenvalue weighted by atomic mass is 32.1. The number of nitrogen functional groups attached to an aromatic ring is 1. The first-order valence-corrected chi connectivity index (χ1v) is 7.56. The molecule has 0 radical (unpaired) electrons. The maximum absolute atomic E-state index is 11.7. The van der Waals surface area contributed by atoms with Crippen LogP contribution in [0, 0.1) is 13.8 Å². The first kappa shape index (κ1) is 15.5. The van der Waals surface area contributed by atoms with Crippen LogP contribution in [0.15, 0.2) is 18.2 Å². The monoisotopic (exact) mass is 305 g/mol. The topological polar surface area (TPSA) is 77.2 Å². The molecule has 0 bridgehead atoms. The number of nitrogens with two attached hydrogens (primary N) is 1. The maximum Gasteiger partial charge on any atom is 0.277 e. The van der Waals surface area contributed by atoms with Crippen LogP contribution in [0.1, 0.15) is 38.4 Å². The van der Waals surface area contributed by atoms with Crippen LogP contribution in [0.25, 0.3) is 0 Å². The van der Waals surface area contributed by atoms with Gasteiger partial charge in [0, 0.05) is 0 Å². The van der Waals surface area contributed by atoms with Gasteiger partial charge in [-0.15, -0.1) is 11.3 Å². The van der Waals surface area contributed by atoms with E-state index >= 15 is 0 Å². The van der Waals surface area contributed by atoms with Crippen LogP contribution in [0.4, 0.5) is 0 Å². The quantitative estimate of drug-likeness (QED) is 0.505. The SMILES string of the molecule is CCc1nc(COc2ccc(C)c(C)c2)sc1C(=O)NN. The van der Waals surface area contributed by atoms with Crippen LogP contribution >= 0.6 is 11.3 Å². The Balaban J connectivity index is 2.11. The average molecular weight is 305 g/mol. The smallest absolute Gasteiger partial charge is 0.277 e. The lowest BCUT2D eigenvalue weighted by molar-refractivity contribution is 0.0956. The number of nitrogens with zero attached hydrogens (tertiary/aromatic N) is 1. The zero-order chi connectivity index (χ0) is 15.4. The lowest BCUT2D eigenvalue weighted by atomic mass is 10.1. The van der Waals surface area contributed by atoms with E-state index in [1.165, 1.54) is 22.5 Å². The van der Waals surface area contributed by atoms with Gasteiger partial charge < -0.3 is 4.74 Å². The van der Waals surface area contributed by atoms with Gasteiger partial charge in [0.25, 0.3) is 5.91 Å². The third-order valence-electron chi connectivity index (χ3n) is 3.25. The molecule has 2 rings (SSSR count). The number of carbonyl (C=O) groups is 1. The zero-order valence-electron chi connectivity index (χ0n) is 12.4. The van der Waals surface area contributed by atoms with Crippen molar-refractivity contribution in [1.82, 2.24) is 10.4 Å². The summed E-state index contributed by atoms with van der Waals surface area (Å²) in [4.78, 5) is 16.6. The largest absolute Gasteiger partial charge is 0.486 e. The van der Waals surface area contributed by atoms with Gasteiger partial charge in [-0.2, -0.15) is 0 Å². The van der Waals surface area contributed by atoms with Crippen LogP contribution < -0.4 is 16.0 Å². The van der Waals surface area contributed by atoms with Crippen molar-refractivity contribution in [3.63, 3.8) is 0 Å². The van der Waals surface area contributed by atoms with Gasteiger partial charge in [-0.3, -0.25) is 10.2 Å². The molecule has 0 atom stereocenters. The van der Waals surface area contributed by atoms with E-state index in [1.807, 2.05) is 32.0 Å². The number of rotatable bonds is 5. The van der Waals surface area contributed by atoms with Crippen LogP contribution in [0.3, 0.4) is 0 Å². The second-order valence-corrected chi connectivity index (χ2v) is 5.83. The molecule has 0 aliphatic heterocycles. The number of carbonyl (C=O) groups excluding carboxylic acids is 1. The molecule has 3 N–H and O–H groups in total. The molecule has 1 aromatic carbocycles. The minimum atomic E-state index is -0.304. The zero-order valence-corrected chi connectivity index (χ0v) is 13.2. The third kappa shape index (κ3) is 3.59. The summed E-state index contributed by atoms with van der Waals surface area (Å²) in [6.07, 6.45) is 0.683. The van der Waals surface area contributed by atoms with Crippen molar-refractivity contribution in [2.24, 2.45) is 5.84 Å². The molecular weight excluding hydrogens is 286 g/mol. The Hall–Kier alpha value is -1.92. The Labute approximate surface area is 128 Å². The van der Waals surface area contributed by atoms with E-state index in [2.05, 4.69) is 17.3 Å². The number of hydrogen-bond donors (Lipinski definition) is 2. The van der Waals surface area contributed by atoms with Crippen molar-refractivity contribution in [1.29, 1.82) is 0 Å². The summed E-state index contributed by atoms with van der Waals surface area (Å²) in [5.41, 5.74) is 5.31. The van der Waals surface area contributed by atoms with Crippen molar-refractivity contribution in [3.8, 4) is 5.75 Å². The molecule has 6 heteroatoms.